The quantitative estimate of drug-likeness (QED) is 0.700. The zero-order chi connectivity index (χ0) is 15.5. The van der Waals surface area contributed by atoms with E-state index in [1.807, 2.05) is 30.1 Å². The Morgan fingerprint density at radius 3 is 2.86 bits per heavy atom. The Morgan fingerprint density at radius 2 is 2.14 bits per heavy atom. The maximum atomic E-state index is 12.9. The largest absolute Gasteiger partial charge is 0.337 e. The summed E-state index contributed by atoms with van der Waals surface area (Å²) in [5.74, 6) is 0.186. The van der Waals surface area contributed by atoms with Crippen molar-refractivity contribution in [1.29, 1.82) is 0 Å². The van der Waals surface area contributed by atoms with Crippen molar-refractivity contribution in [2.24, 2.45) is 0 Å². The summed E-state index contributed by atoms with van der Waals surface area (Å²) >= 11 is 3.73. The van der Waals surface area contributed by atoms with Crippen LogP contribution in [-0.2, 0) is 4.79 Å². The molecule has 4 unspecified atom stereocenters. The number of hydrogen-bond donors (Lipinski definition) is 3. The van der Waals surface area contributed by atoms with E-state index in [0.717, 1.165) is 25.9 Å². The third-order valence-electron chi connectivity index (χ3n) is 4.56. The van der Waals surface area contributed by atoms with Gasteiger partial charge in [0.2, 0.25) is 5.91 Å². The molecule has 1 amide bonds. The van der Waals surface area contributed by atoms with E-state index in [2.05, 4.69) is 44.2 Å². The Morgan fingerprint density at radius 1 is 1.36 bits per heavy atom. The summed E-state index contributed by atoms with van der Waals surface area (Å²) in [4.78, 5) is 15.0. The molecule has 2 saturated heterocycles. The molecule has 120 valence electrons. The SMILES string of the molecule is CNCC1CCCN1C(=O)C1NNC(c2ccccc2)C1Br. The van der Waals surface area contributed by atoms with Crippen LogP contribution < -0.4 is 16.2 Å². The van der Waals surface area contributed by atoms with Gasteiger partial charge in [0.05, 0.1) is 10.9 Å². The fraction of sp³-hybridized carbons (Fsp3) is 0.562. The van der Waals surface area contributed by atoms with Crippen molar-refractivity contribution in [1.82, 2.24) is 21.1 Å². The Bertz CT molecular complexity index is 512. The summed E-state index contributed by atoms with van der Waals surface area (Å²) in [5, 5.41) is 3.19. The Labute approximate surface area is 139 Å². The summed E-state index contributed by atoms with van der Waals surface area (Å²) in [6.07, 6.45) is 2.18. The van der Waals surface area contributed by atoms with Gasteiger partial charge in [-0.1, -0.05) is 46.3 Å². The van der Waals surface area contributed by atoms with Crippen molar-refractivity contribution in [2.45, 2.75) is 35.8 Å². The second-order valence-electron chi connectivity index (χ2n) is 5.98. The van der Waals surface area contributed by atoms with Gasteiger partial charge in [0.15, 0.2) is 0 Å². The average molecular weight is 367 g/mol. The van der Waals surface area contributed by atoms with Crippen LogP contribution in [0.5, 0.6) is 0 Å². The normalized spacial score (nSPS) is 31.6. The van der Waals surface area contributed by atoms with Gasteiger partial charge in [-0.15, -0.1) is 0 Å². The molecule has 5 nitrogen and oxygen atoms in total. The lowest BCUT2D eigenvalue weighted by Gasteiger charge is -2.28. The molecule has 0 bridgehead atoms. The first kappa shape index (κ1) is 15.9. The number of rotatable bonds is 4. The van der Waals surface area contributed by atoms with E-state index in [-0.39, 0.29) is 22.8 Å². The molecule has 3 rings (SSSR count). The monoisotopic (exact) mass is 366 g/mol. The lowest BCUT2D eigenvalue weighted by molar-refractivity contribution is -0.133. The van der Waals surface area contributed by atoms with Crippen molar-refractivity contribution < 1.29 is 4.79 Å². The van der Waals surface area contributed by atoms with E-state index in [0.29, 0.717) is 6.04 Å². The highest BCUT2D eigenvalue weighted by atomic mass is 79.9. The molecule has 1 aromatic carbocycles. The van der Waals surface area contributed by atoms with Crippen LogP contribution in [0.4, 0.5) is 0 Å². The number of amides is 1. The first-order valence-corrected chi connectivity index (χ1v) is 8.79. The molecule has 2 aliphatic rings. The predicted molar refractivity (Wildman–Crippen MR) is 90.6 cm³/mol. The van der Waals surface area contributed by atoms with E-state index in [9.17, 15) is 4.79 Å². The molecule has 2 fully saturated rings. The Hall–Kier alpha value is -0.950. The van der Waals surface area contributed by atoms with E-state index >= 15 is 0 Å². The molecule has 22 heavy (non-hydrogen) atoms. The van der Waals surface area contributed by atoms with Crippen molar-refractivity contribution in [3.8, 4) is 0 Å². The molecule has 0 spiro atoms. The molecule has 0 saturated carbocycles. The standard InChI is InChI=1S/C16H23BrN4O/c1-18-10-12-8-5-9-21(12)16(22)15-13(17)14(19-20-15)11-6-3-2-4-7-11/h2-4,6-7,12-15,18-20H,5,8-10H2,1H3. The minimum absolute atomic E-state index is 0.0400. The van der Waals surface area contributed by atoms with Crippen LogP contribution in [0.3, 0.4) is 0 Å². The minimum Gasteiger partial charge on any atom is -0.337 e. The summed E-state index contributed by atoms with van der Waals surface area (Å²) in [6, 6.07) is 10.4. The fourth-order valence-electron chi connectivity index (χ4n) is 3.41. The zero-order valence-corrected chi connectivity index (χ0v) is 14.3. The molecule has 0 aromatic heterocycles. The van der Waals surface area contributed by atoms with Crippen LogP contribution >= 0.6 is 15.9 Å². The van der Waals surface area contributed by atoms with E-state index in [4.69, 9.17) is 0 Å². The maximum absolute atomic E-state index is 12.9. The molecule has 0 aliphatic carbocycles. The molecule has 2 aliphatic heterocycles. The number of likely N-dealkylation sites (tertiary alicyclic amines) is 1. The predicted octanol–water partition coefficient (Wildman–Crippen LogP) is 1.18. The number of halogens is 1. The van der Waals surface area contributed by atoms with Crippen LogP contribution in [0, 0.1) is 0 Å². The van der Waals surface area contributed by atoms with Crippen LogP contribution in [0.1, 0.15) is 24.4 Å². The summed E-state index contributed by atoms with van der Waals surface area (Å²) in [5.41, 5.74) is 7.63. The molecule has 1 aromatic rings. The summed E-state index contributed by atoms with van der Waals surface area (Å²) in [7, 11) is 1.94. The average Bonchev–Trinajstić information content (AvgIpc) is 3.15. The number of carbonyl (C=O) groups excluding carboxylic acids is 1. The number of nitrogens with zero attached hydrogens (tertiary/aromatic N) is 1. The fourth-order valence-corrected chi connectivity index (χ4v) is 4.20. The summed E-state index contributed by atoms with van der Waals surface area (Å²) in [6.45, 7) is 1.72. The molecular weight excluding hydrogens is 344 g/mol. The number of hydrogen-bond acceptors (Lipinski definition) is 4. The van der Waals surface area contributed by atoms with Gasteiger partial charge in [0.25, 0.3) is 0 Å². The van der Waals surface area contributed by atoms with Gasteiger partial charge in [-0.05, 0) is 25.5 Å². The number of benzene rings is 1. The lowest BCUT2D eigenvalue weighted by Crippen LogP contribution is -2.51. The van der Waals surface area contributed by atoms with Crippen molar-refractivity contribution in [3.63, 3.8) is 0 Å². The van der Waals surface area contributed by atoms with E-state index < -0.39 is 0 Å². The Balaban J connectivity index is 1.69. The molecule has 0 radical (unpaired) electrons. The van der Waals surface area contributed by atoms with E-state index in [1.165, 1.54) is 5.56 Å². The first-order chi connectivity index (χ1) is 10.7. The number of hydrazine groups is 1. The topological polar surface area (TPSA) is 56.4 Å². The van der Waals surface area contributed by atoms with Crippen LogP contribution in [-0.4, -0.2) is 47.9 Å². The molecule has 3 N–H and O–H groups in total. The maximum Gasteiger partial charge on any atom is 0.242 e. The highest BCUT2D eigenvalue weighted by Crippen LogP contribution is 2.30. The molecule has 2 heterocycles. The van der Waals surface area contributed by atoms with Gasteiger partial charge in [-0.3, -0.25) is 4.79 Å². The highest BCUT2D eigenvalue weighted by molar-refractivity contribution is 9.09. The third-order valence-corrected chi connectivity index (χ3v) is 5.61. The van der Waals surface area contributed by atoms with Crippen molar-refractivity contribution in [2.75, 3.05) is 20.1 Å². The second-order valence-corrected chi connectivity index (χ2v) is 7.04. The van der Waals surface area contributed by atoms with Gasteiger partial charge >= 0.3 is 0 Å². The number of alkyl halides is 1. The van der Waals surface area contributed by atoms with Gasteiger partial charge in [-0.2, -0.15) is 0 Å². The summed E-state index contributed by atoms with van der Waals surface area (Å²) < 4.78 is 0. The van der Waals surface area contributed by atoms with Gasteiger partial charge in [0, 0.05) is 19.1 Å². The Kier molecular flexibility index (Phi) is 5.13. The minimum atomic E-state index is -0.234. The molecular formula is C16H23BrN4O. The van der Waals surface area contributed by atoms with Crippen LogP contribution in [0.25, 0.3) is 0 Å². The molecule has 6 heteroatoms. The van der Waals surface area contributed by atoms with Crippen LogP contribution in [0.15, 0.2) is 30.3 Å². The smallest absolute Gasteiger partial charge is 0.242 e. The van der Waals surface area contributed by atoms with Gasteiger partial charge < -0.3 is 10.2 Å². The van der Waals surface area contributed by atoms with Crippen molar-refractivity contribution >= 4 is 21.8 Å². The van der Waals surface area contributed by atoms with Crippen molar-refractivity contribution in [3.05, 3.63) is 35.9 Å². The highest BCUT2D eigenvalue weighted by Gasteiger charge is 2.43. The second kappa shape index (κ2) is 7.08. The third kappa shape index (κ3) is 3.06. The number of likely N-dealkylation sites (N-methyl/N-ethyl adjacent to an activating group) is 1. The number of carbonyl (C=O) groups is 1. The lowest BCUT2D eigenvalue weighted by atomic mass is 10.0. The number of nitrogens with one attached hydrogen (secondary N) is 3. The first-order valence-electron chi connectivity index (χ1n) is 7.87. The van der Waals surface area contributed by atoms with Gasteiger partial charge in [0.1, 0.15) is 6.04 Å². The zero-order valence-electron chi connectivity index (χ0n) is 12.8. The van der Waals surface area contributed by atoms with Crippen LogP contribution in [0.2, 0.25) is 0 Å². The van der Waals surface area contributed by atoms with Gasteiger partial charge in [-0.25, -0.2) is 10.9 Å². The molecule has 4 atom stereocenters. The van der Waals surface area contributed by atoms with E-state index in [1.54, 1.807) is 0 Å².